The van der Waals surface area contributed by atoms with Crippen molar-refractivity contribution in [3.8, 4) is 5.88 Å². The van der Waals surface area contributed by atoms with Gasteiger partial charge in [-0.2, -0.15) is 0 Å². The fraction of sp³-hybridized carbons (Fsp3) is 0.222. The lowest BCUT2D eigenvalue weighted by Gasteiger charge is -2.08. The summed E-state index contributed by atoms with van der Waals surface area (Å²) in [5, 5.41) is 3.35. The van der Waals surface area contributed by atoms with Gasteiger partial charge in [0.1, 0.15) is 17.5 Å². The number of nitrogens with one attached hydrogen (secondary N) is 1. The van der Waals surface area contributed by atoms with Gasteiger partial charge in [0.2, 0.25) is 11.6 Å². The zero-order chi connectivity index (χ0) is 18.0. The number of hydrogen-bond acceptors (Lipinski definition) is 6. The summed E-state index contributed by atoms with van der Waals surface area (Å²) in [6, 6.07) is 6.72. The molecule has 2 heterocycles. The minimum absolute atomic E-state index is 0.0680. The van der Waals surface area contributed by atoms with E-state index in [1.54, 1.807) is 24.3 Å². The Bertz CT molecular complexity index is 962. The molecule has 0 saturated heterocycles. The van der Waals surface area contributed by atoms with Gasteiger partial charge in [0.25, 0.3) is 5.91 Å². The normalized spacial score (nSPS) is 10.7. The van der Waals surface area contributed by atoms with Gasteiger partial charge in [0.05, 0.1) is 0 Å². The minimum atomic E-state index is -0.356. The molecular formula is C18H17N3O4. The number of carbonyl (C=O) groups excluding carboxylic acids is 2. The highest BCUT2D eigenvalue weighted by Crippen LogP contribution is 2.29. The number of ketones is 1. The molecule has 1 amide bonds. The monoisotopic (exact) mass is 339 g/mol. The molecule has 7 heteroatoms. The number of furan rings is 1. The Morgan fingerprint density at radius 1 is 1.24 bits per heavy atom. The quantitative estimate of drug-likeness (QED) is 0.718. The maximum Gasteiger partial charge on any atom is 0.262 e. The molecule has 0 bridgehead atoms. The van der Waals surface area contributed by atoms with Crippen LogP contribution in [-0.4, -0.2) is 28.3 Å². The third-order valence-electron chi connectivity index (χ3n) is 3.82. The summed E-state index contributed by atoms with van der Waals surface area (Å²) in [5.74, 6) is 0.602. The Morgan fingerprint density at radius 3 is 2.80 bits per heavy atom. The number of anilines is 1. The van der Waals surface area contributed by atoms with E-state index in [-0.39, 0.29) is 18.3 Å². The molecule has 3 rings (SSSR count). The molecule has 0 atom stereocenters. The van der Waals surface area contributed by atoms with Crippen molar-refractivity contribution < 1.29 is 18.7 Å². The molecule has 1 N–H and O–H groups in total. The van der Waals surface area contributed by atoms with Crippen molar-refractivity contribution >= 4 is 28.5 Å². The number of aryl methyl sites for hydroxylation is 2. The largest absolute Gasteiger partial charge is 0.467 e. The second-order valence-electron chi connectivity index (χ2n) is 5.62. The number of aromatic nitrogens is 2. The van der Waals surface area contributed by atoms with Gasteiger partial charge in [-0.15, -0.1) is 0 Å². The first-order valence-corrected chi connectivity index (χ1v) is 7.70. The van der Waals surface area contributed by atoms with Gasteiger partial charge in [-0.3, -0.25) is 9.59 Å². The molecule has 0 unspecified atom stereocenters. The molecule has 3 aromatic rings. The van der Waals surface area contributed by atoms with Gasteiger partial charge in [-0.25, -0.2) is 9.97 Å². The van der Waals surface area contributed by atoms with E-state index < -0.39 is 0 Å². The number of benzene rings is 1. The molecule has 128 valence electrons. The van der Waals surface area contributed by atoms with Crippen LogP contribution in [0.3, 0.4) is 0 Å². The van der Waals surface area contributed by atoms with Crippen LogP contribution in [-0.2, 0) is 4.79 Å². The van der Waals surface area contributed by atoms with Crippen LogP contribution in [0.15, 0.2) is 35.0 Å². The zero-order valence-corrected chi connectivity index (χ0v) is 14.1. The Hall–Kier alpha value is -3.22. The molecule has 0 radical (unpaired) electrons. The predicted octanol–water partition coefficient (Wildman–Crippen LogP) is 3.06. The molecule has 0 aliphatic rings. The molecule has 1 aromatic carbocycles. The molecule has 7 nitrogen and oxygen atoms in total. The van der Waals surface area contributed by atoms with Crippen molar-refractivity contribution in [3.05, 3.63) is 47.5 Å². The van der Waals surface area contributed by atoms with E-state index in [1.807, 2.05) is 13.8 Å². The first-order valence-electron chi connectivity index (χ1n) is 7.70. The molecule has 0 aliphatic carbocycles. The van der Waals surface area contributed by atoms with Crippen LogP contribution >= 0.6 is 0 Å². The van der Waals surface area contributed by atoms with E-state index in [2.05, 4.69) is 15.3 Å². The van der Waals surface area contributed by atoms with Gasteiger partial charge < -0.3 is 14.5 Å². The van der Waals surface area contributed by atoms with Crippen LogP contribution < -0.4 is 10.1 Å². The van der Waals surface area contributed by atoms with E-state index in [0.717, 1.165) is 11.3 Å². The minimum Gasteiger partial charge on any atom is -0.467 e. The summed E-state index contributed by atoms with van der Waals surface area (Å²) in [6.45, 7) is 4.96. The molecular weight excluding hydrogens is 322 g/mol. The lowest BCUT2D eigenvalue weighted by atomic mass is 10.1. The number of nitrogens with zero attached hydrogens (tertiary/aromatic N) is 2. The first-order chi connectivity index (χ1) is 12.0. The number of ether oxygens (including phenoxy) is 1. The van der Waals surface area contributed by atoms with Crippen LogP contribution in [0, 0.1) is 13.8 Å². The fourth-order valence-corrected chi connectivity index (χ4v) is 2.41. The van der Waals surface area contributed by atoms with Crippen LogP contribution in [0.25, 0.3) is 11.1 Å². The summed E-state index contributed by atoms with van der Waals surface area (Å²) >= 11 is 0. The standard InChI is InChI=1S/C18H17N3O4/c1-10-12(3)25-18-16(10)17(19-9-20-18)24-8-15(23)21-14-6-4-5-13(7-14)11(2)22/h4-7,9H,8H2,1-3H3,(H,21,23). The SMILES string of the molecule is CC(=O)c1cccc(NC(=O)COc2ncnc3oc(C)c(C)c23)c1. The summed E-state index contributed by atoms with van der Waals surface area (Å²) in [6.07, 6.45) is 1.33. The van der Waals surface area contributed by atoms with Gasteiger partial charge in [0, 0.05) is 16.8 Å². The van der Waals surface area contributed by atoms with Crippen molar-refractivity contribution in [1.29, 1.82) is 0 Å². The van der Waals surface area contributed by atoms with E-state index in [4.69, 9.17) is 9.15 Å². The molecule has 0 spiro atoms. The van der Waals surface area contributed by atoms with Crippen molar-refractivity contribution in [3.63, 3.8) is 0 Å². The lowest BCUT2D eigenvalue weighted by Crippen LogP contribution is -2.20. The van der Waals surface area contributed by atoms with Gasteiger partial charge in [-0.1, -0.05) is 12.1 Å². The Kier molecular flexibility index (Phi) is 4.47. The topological polar surface area (TPSA) is 94.3 Å². The third kappa shape index (κ3) is 3.50. The number of hydrogen-bond donors (Lipinski definition) is 1. The van der Waals surface area contributed by atoms with E-state index in [1.165, 1.54) is 13.3 Å². The summed E-state index contributed by atoms with van der Waals surface area (Å²) in [4.78, 5) is 31.6. The highest BCUT2D eigenvalue weighted by molar-refractivity contribution is 5.97. The number of rotatable bonds is 5. The lowest BCUT2D eigenvalue weighted by molar-refractivity contribution is -0.118. The first kappa shape index (κ1) is 16.6. The zero-order valence-electron chi connectivity index (χ0n) is 14.1. The number of Topliss-reactive ketones (excluding diaryl/α,β-unsaturated/α-hetero) is 1. The highest BCUT2D eigenvalue weighted by Gasteiger charge is 2.15. The highest BCUT2D eigenvalue weighted by atomic mass is 16.5. The maximum atomic E-state index is 12.1. The van der Waals surface area contributed by atoms with Crippen LogP contribution in [0.5, 0.6) is 5.88 Å². The average molecular weight is 339 g/mol. The number of carbonyl (C=O) groups is 2. The Labute approximate surface area is 144 Å². The van der Waals surface area contributed by atoms with Gasteiger partial charge in [-0.05, 0) is 32.9 Å². The molecule has 25 heavy (non-hydrogen) atoms. The van der Waals surface area contributed by atoms with Crippen molar-refractivity contribution in [2.24, 2.45) is 0 Å². The predicted molar refractivity (Wildman–Crippen MR) is 91.8 cm³/mol. The van der Waals surface area contributed by atoms with E-state index >= 15 is 0 Å². The van der Waals surface area contributed by atoms with Crippen molar-refractivity contribution in [2.45, 2.75) is 20.8 Å². The van der Waals surface area contributed by atoms with Crippen molar-refractivity contribution in [1.82, 2.24) is 9.97 Å². The van der Waals surface area contributed by atoms with Crippen LogP contribution in [0.4, 0.5) is 5.69 Å². The Balaban J connectivity index is 1.71. The average Bonchev–Trinajstić information content (AvgIpc) is 2.88. The smallest absolute Gasteiger partial charge is 0.262 e. The van der Waals surface area contributed by atoms with Crippen LogP contribution in [0.2, 0.25) is 0 Å². The maximum absolute atomic E-state index is 12.1. The number of amides is 1. The fourth-order valence-electron chi connectivity index (χ4n) is 2.41. The summed E-state index contributed by atoms with van der Waals surface area (Å²) in [7, 11) is 0. The second-order valence-corrected chi connectivity index (χ2v) is 5.62. The molecule has 2 aromatic heterocycles. The van der Waals surface area contributed by atoms with E-state index in [9.17, 15) is 9.59 Å². The van der Waals surface area contributed by atoms with E-state index in [0.29, 0.717) is 28.2 Å². The Morgan fingerprint density at radius 2 is 2.04 bits per heavy atom. The second kappa shape index (κ2) is 6.72. The molecule has 0 fully saturated rings. The summed E-state index contributed by atoms with van der Waals surface area (Å²) < 4.78 is 11.0. The van der Waals surface area contributed by atoms with Gasteiger partial charge in [0.15, 0.2) is 12.4 Å². The molecule has 0 aliphatic heterocycles. The van der Waals surface area contributed by atoms with Crippen molar-refractivity contribution in [2.75, 3.05) is 11.9 Å². The summed E-state index contributed by atoms with van der Waals surface area (Å²) in [5.41, 5.74) is 2.36. The third-order valence-corrected chi connectivity index (χ3v) is 3.82. The molecule has 0 saturated carbocycles. The van der Waals surface area contributed by atoms with Crippen LogP contribution in [0.1, 0.15) is 28.6 Å². The number of fused-ring (bicyclic) bond motifs is 1. The van der Waals surface area contributed by atoms with Gasteiger partial charge >= 0.3 is 0 Å².